The number of carboxylic acid groups (broad SMARTS) is 1. The van der Waals surface area contributed by atoms with E-state index in [0.29, 0.717) is 11.1 Å². The van der Waals surface area contributed by atoms with Gasteiger partial charge in [0.05, 0.1) is 18.1 Å². The monoisotopic (exact) mass is 274 g/mol. The fourth-order valence-electron chi connectivity index (χ4n) is 1.72. The van der Waals surface area contributed by atoms with E-state index < -0.39 is 12.0 Å². The fourth-order valence-corrected chi connectivity index (χ4v) is 1.72. The molecule has 0 radical (unpaired) electrons. The Labute approximate surface area is 118 Å². The summed E-state index contributed by atoms with van der Waals surface area (Å²) >= 11 is 0. The Kier molecular flexibility index (Phi) is 4.87. The number of nitrogens with one attached hydrogen (secondary N) is 1. The molecule has 1 aromatic carbocycles. The number of carbonyl (C=O) groups excluding carboxylic acids is 1. The van der Waals surface area contributed by atoms with Crippen molar-refractivity contribution in [2.45, 2.75) is 33.2 Å². The summed E-state index contributed by atoms with van der Waals surface area (Å²) in [5, 5.41) is 20.5. The first-order valence-corrected chi connectivity index (χ1v) is 6.27. The number of amides is 1. The minimum absolute atomic E-state index is 0.146. The van der Waals surface area contributed by atoms with Crippen LogP contribution in [-0.2, 0) is 4.79 Å². The van der Waals surface area contributed by atoms with Gasteiger partial charge in [-0.2, -0.15) is 5.26 Å². The van der Waals surface area contributed by atoms with Gasteiger partial charge in [0, 0.05) is 11.6 Å². The predicted molar refractivity (Wildman–Crippen MR) is 74.1 cm³/mol. The van der Waals surface area contributed by atoms with E-state index in [4.69, 9.17) is 10.4 Å². The van der Waals surface area contributed by atoms with E-state index >= 15 is 0 Å². The van der Waals surface area contributed by atoms with Crippen molar-refractivity contribution >= 4 is 11.9 Å². The number of carbonyl (C=O) groups is 2. The number of carboxylic acids is 1. The molecular weight excluding hydrogens is 256 g/mol. The molecule has 1 aromatic rings. The second-order valence-electron chi connectivity index (χ2n) is 5.68. The fraction of sp³-hybridized carbons (Fsp3) is 0.400. The maximum atomic E-state index is 12.1. The van der Waals surface area contributed by atoms with Gasteiger partial charge in [0.1, 0.15) is 0 Å². The molecule has 0 bridgehead atoms. The summed E-state index contributed by atoms with van der Waals surface area (Å²) < 4.78 is 0. The molecule has 0 aromatic heterocycles. The van der Waals surface area contributed by atoms with Crippen LogP contribution in [0.2, 0.25) is 0 Å². The first-order chi connectivity index (χ1) is 9.24. The van der Waals surface area contributed by atoms with Crippen molar-refractivity contribution in [2.75, 3.05) is 0 Å². The van der Waals surface area contributed by atoms with E-state index in [0.717, 1.165) is 0 Å². The van der Waals surface area contributed by atoms with Crippen molar-refractivity contribution in [3.05, 3.63) is 35.4 Å². The summed E-state index contributed by atoms with van der Waals surface area (Å²) in [6.45, 7) is 5.60. The number of benzene rings is 1. The summed E-state index contributed by atoms with van der Waals surface area (Å²) in [4.78, 5) is 23.0. The van der Waals surface area contributed by atoms with Crippen LogP contribution in [0.4, 0.5) is 0 Å². The number of rotatable bonds is 4. The molecule has 0 heterocycles. The van der Waals surface area contributed by atoms with Gasteiger partial charge in [-0.15, -0.1) is 0 Å². The average Bonchev–Trinajstić information content (AvgIpc) is 2.36. The van der Waals surface area contributed by atoms with Crippen LogP contribution in [0.3, 0.4) is 0 Å². The molecule has 5 nitrogen and oxygen atoms in total. The third kappa shape index (κ3) is 4.39. The van der Waals surface area contributed by atoms with Crippen LogP contribution in [0.5, 0.6) is 0 Å². The Bertz CT molecular complexity index is 553. The highest BCUT2D eigenvalue weighted by atomic mass is 16.4. The second-order valence-corrected chi connectivity index (χ2v) is 5.68. The van der Waals surface area contributed by atoms with Crippen LogP contribution in [-0.4, -0.2) is 23.0 Å². The molecule has 0 spiro atoms. The van der Waals surface area contributed by atoms with E-state index in [1.165, 1.54) is 6.07 Å². The zero-order chi connectivity index (χ0) is 15.3. The molecule has 0 saturated heterocycles. The van der Waals surface area contributed by atoms with Gasteiger partial charge < -0.3 is 10.4 Å². The van der Waals surface area contributed by atoms with Crippen LogP contribution < -0.4 is 5.32 Å². The lowest BCUT2D eigenvalue weighted by Gasteiger charge is -2.30. The summed E-state index contributed by atoms with van der Waals surface area (Å²) in [6.07, 6.45) is -0.146. The van der Waals surface area contributed by atoms with Crippen molar-refractivity contribution < 1.29 is 14.7 Å². The first kappa shape index (κ1) is 15.7. The van der Waals surface area contributed by atoms with Gasteiger partial charge >= 0.3 is 5.97 Å². The van der Waals surface area contributed by atoms with Gasteiger partial charge in [-0.25, -0.2) is 0 Å². The Balaban J connectivity index is 2.90. The van der Waals surface area contributed by atoms with Crippen molar-refractivity contribution in [3.8, 4) is 6.07 Å². The molecule has 0 fully saturated rings. The topological polar surface area (TPSA) is 90.2 Å². The van der Waals surface area contributed by atoms with Gasteiger partial charge in [0.15, 0.2) is 0 Å². The van der Waals surface area contributed by atoms with Crippen molar-refractivity contribution in [2.24, 2.45) is 5.41 Å². The number of aliphatic carboxylic acids is 1. The van der Waals surface area contributed by atoms with Gasteiger partial charge in [0.2, 0.25) is 0 Å². The molecular formula is C15H18N2O3. The van der Waals surface area contributed by atoms with E-state index in [1.54, 1.807) is 18.2 Å². The van der Waals surface area contributed by atoms with Crippen LogP contribution in [0.15, 0.2) is 24.3 Å². The molecule has 0 aliphatic rings. The SMILES string of the molecule is CC(C)(C)C(CC(=O)O)NC(=O)c1cccc(C#N)c1. The maximum absolute atomic E-state index is 12.1. The highest BCUT2D eigenvalue weighted by Gasteiger charge is 2.28. The lowest BCUT2D eigenvalue weighted by molar-refractivity contribution is -0.138. The van der Waals surface area contributed by atoms with Crippen LogP contribution in [0.25, 0.3) is 0 Å². The molecule has 106 valence electrons. The minimum Gasteiger partial charge on any atom is -0.481 e. The molecule has 1 amide bonds. The summed E-state index contributed by atoms with van der Waals surface area (Å²) in [5.41, 5.74) is 0.368. The van der Waals surface area contributed by atoms with Gasteiger partial charge in [-0.1, -0.05) is 26.8 Å². The van der Waals surface area contributed by atoms with Crippen molar-refractivity contribution in [1.29, 1.82) is 5.26 Å². The minimum atomic E-state index is -0.962. The predicted octanol–water partition coefficient (Wildman–Crippen LogP) is 2.18. The highest BCUT2D eigenvalue weighted by molar-refractivity contribution is 5.95. The number of nitrogens with zero attached hydrogens (tertiary/aromatic N) is 1. The van der Waals surface area contributed by atoms with E-state index in [9.17, 15) is 9.59 Å². The molecule has 0 aliphatic carbocycles. The second kappa shape index (κ2) is 6.20. The zero-order valence-electron chi connectivity index (χ0n) is 11.8. The molecule has 1 atom stereocenters. The Morgan fingerprint density at radius 3 is 2.55 bits per heavy atom. The Morgan fingerprint density at radius 1 is 1.40 bits per heavy atom. The third-order valence-corrected chi connectivity index (χ3v) is 2.98. The highest BCUT2D eigenvalue weighted by Crippen LogP contribution is 2.22. The first-order valence-electron chi connectivity index (χ1n) is 6.27. The number of nitriles is 1. The van der Waals surface area contributed by atoms with Crippen molar-refractivity contribution in [3.63, 3.8) is 0 Å². The van der Waals surface area contributed by atoms with Crippen LogP contribution in [0.1, 0.15) is 43.1 Å². The van der Waals surface area contributed by atoms with Gasteiger partial charge in [-0.3, -0.25) is 9.59 Å². The molecule has 20 heavy (non-hydrogen) atoms. The van der Waals surface area contributed by atoms with Crippen LogP contribution in [0, 0.1) is 16.7 Å². The normalized spacial score (nSPS) is 12.3. The number of hydrogen-bond donors (Lipinski definition) is 2. The van der Waals surface area contributed by atoms with E-state index in [-0.39, 0.29) is 17.7 Å². The van der Waals surface area contributed by atoms with Crippen LogP contribution >= 0.6 is 0 Å². The smallest absolute Gasteiger partial charge is 0.305 e. The van der Waals surface area contributed by atoms with Gasteiger partial charge in [-0.05, 0) is 23.6 Å². The Hall–Kier alpha value is -2.35. The lowest BCUT2D eigenvalue weighted by atomic mass is 9.84. The summed E-state index contributed by atoms with van der Waals surface area (Å²) in [6, 6.07) is 7.78. The average molecular weight is 274 g/mol. The summed E-state index contributed by atoms with van der Waals surface area (Å²) in [5.74, 6) is -1.33. The molecule has 5 heteroatoms. The molecule has 0 aliphatic heterocycles. The van der Waals surface area contributed by atoms with Crippen molar-refractivity contribution in [1.82, 2.24) is 5.32 Å². The van der Waals surface area contributed by atoms with E-state index in [2.05, 4.69) is 5.32 Å². The molecule has 1 unspecified atom stereocenters. The quantitative estimate of drug-likeness (QED) is 0.880. The lowest BCUT2D eigenvalue weighted by Crippen LogP contribution is -2.45. The molecule has 1 rings (SSSR count). The standard InChI is InChI=1S/C15H18N2O3/c1-15(2,3)12(8-13(18)19)17-14(20)11-6-4-5-10(7-11)9-16/h4-7,12H,8H2,1-3H3,(H,17,20)(H,18,19). The largest absolute Gasteiger partial charge is 0.481 e. The third-order valence-electron chi connectivity index (χ3n) is 2.98. The Morgan fingerprint density at radius 2 is 2.05 bits per heavy atom. The van der Waals surface area contributed by atoms with E-state index in [1.807, 2.05) is 26.8 Å². The summed E-state index contributed by atoms with van der Waals surface area (Å²) in [7, 11) is 0. The van der Waals surface area contributed by atoms with Gasteiger partial charge in [0.25, 0.3) is 5.91 Å². The molecule has 2 N–H and O–H groups in total. The molecule has 0 saturated carbocycles. The number of hydrogen-bond acceptors (Lipinski definition) is 3. The maximum Gasteiger partial charge on any atom is 0.305 e. The zero-order valence-corrected chi connectivity index (χ0v) is 11.8.